The number of pyridine rings is 1. The first-order valence-corrected chi connectivity index (χ1v) is 8.59. The summed E-state index contributed by atoms with van der Waals surface area (Å²) in [7, 11) is -5.35. The molecule has 0 aliphatic carbocycles. The molecule has 0 aromatic carbocycles. The number of aromatic nitrogens is 2. The number of hydrogen-bond donors (Lipinski definition) is 6. The number of nitrogens with zero attached hydrogens (tertiary/aromatic N) is 2. The van der Waals surface area contributed by atoms with Crippen LogP contribution in [0.25, 0.3) is 5.65 Å². The molecule has 2 aromatic rings. The number of carboxylic acids is 1. The van der Waals surface area contributed by atoms with Crippen LogP contribution in [0.4, 0.5) is 0 Å². The van der Waals surface area contributed by atoms with E-state index in [4.69, 9.17) is 10.8 Å². The first kappa shape index (κ1) is 18.5. The van der Waals surface area contributed by atoms with Crippen LogP contribution in [0.15, 0.2) is 30.6 Å². The lowest BCUT2D eigenvalue weighted by molar-refractivity contribution is -0.678. The van der Waals surface area contributed by atoms with Gasteiger partial charge in [0.25, 0.3) is 11.0 Å². The van der Waals surface area contributed by atoms with Crippen molar-refractivity contribution in [2.75, 3.05) is 6.54 Å². The van der Waals surface area contributed by atoms with Crippen LogP contribution in [0.2, 0.25) is 0 Å². The number of carboxylic acid groups (broad SMARTS) is 1. The van der Waals surface area contributed by atoms with Crippen molar-refractivity contribution in [1.82, 2.24) is 4.40 Å². The summed E-state index contributed by atoms with van der Waals surface area (Å²) in [6.45, 7) is 0.111. The number of fused-ring (bicyclic) bond motifs is 1. The Labute approximate surface area is 136 Å². The zero-order valence-electron chi connectivity index (χ0n) is 12.6. The Balaban J connectivity index is 2.53. The maximum atomic E-state index is 11.5. The first-order chi connectivity index (χ1) is 11.1. The molecule has 0 amide bonds. The Morgan fingerprint density at radius 1 is 1.42 bits per heavy atom. The second-order valence-corrected chi connectivity index (χ2v) is 7.26. The smallest absolute Gasteiger partial charge is 0.369 e. The summed E-state index contributed by atoms with van der Waals surface area (Å²) in [6.07, 6.45) is 1.30. The number of aliphatic carboxylic acids is 1. The van der Waals surface area contributed by atoms with Crippen molar-refractivity contribution in [3.63, 3.8) is 0 Å². The van der Waals surface area contributed by atoms with E-state index < -0.39 is 31.4 Å². The van der Waals surface area contributed by atoms with Crippen LogP contribution in [0.5, 0.6) is 0 Å². The molecule has 2 unspecified atom stereocenters. The number of carbonyl (C=O) groups is 1. The lowest BCUT2D eigenvalue weighted by Crippen LogP contribution is -2.42. The SMILES string of the molecule is NCC(O)C[n+]1cc(CC(O)(C(=O)O)P(=O)(O)O)n2ccccc21. The third-order valence-electron chi connectivity index (χ3n) is 3.68. The maximum absolute atomic E-state index is 11.5. The van der Waals surface area contributed by atoms with Crippen LogP contribution >= 0.6 is 7.60 Å². The summed E-state index contributed by atoms with van der Waals surface area (Å²) >= 11 is 0. The zero-order valence-corrected chi connectivity index (χ0v) is 13.5. The second kappa shape index (κ2) is 6.60. The summed E-state index contributed by atoms with van der Waals surface area (Å²) in [6, 6.07) is 5.01. The highest BCUT2D eigenvalue weighted by molar-refractivity contribution is 7.54. The Bertz CT molecular complexity index is 802. The van der Waals surface area contributed by atoms with E-state index in [2.05, 4.69) is 0 Å². The van der Waals surface area contributed by atoms with E-state index in [1.807, 2.05) is 0 Å². The van der Waals surface area contributed by atoms with E-state index in [1.165, 1.54) is 10.6 Å². The summed E-state index contributed by atoms with van der Waals surface area (Å²) < 4.78 is 14.5. The van der Waals surface area contributed by atoms with Crippen LogP contribution in [-0.2, 0) is 22.3 Å². The molecule has 10 nitrogen and oxygen atoms in total. The molecule has 0 spiro atoms. The molecule has 0 radical (unpaired) electrons. The highest BCUT2D eigenvalue weighted by Gasteiger charge is 2.54. The van der Waals surface area contributed by atoms with E-state index in [1.54, 1.807) is 29.0 Å². The Hall–Kier alpha value is -1.81. The molecule has 0 aliphatic heterocycles. The lowest BCUT2D eigenvalue weighted by Gasteiger charge is -2.22. The molecule has 24 heavy (non-hydrogen) atoms. The second-order valence-electron chi connectivity index (χ2n) is 5.43. The van der Waals surface area contributed by atoms with Gasteiger partial charge >= 0.3 is 13.6 Å². The molecule has 132 valence electrons. The minimum absolute atomic E-state index is 0.00799. The molecular weight excluding hydrogens is 341 g/mol. The highest BCUT2D eigenvalue weighted by Crippen LogP contribution is 2.50. The number of imidazole rings is 1. The van der Waals surface area contributed by atoms with Crippen molar-refractivity contribution in [2.24, 2.45) is 5.73 Å². The van der Waals surface area contributed by atoms with Gasteiger partial charge in [-0.15, -0.1) is 0 Å². The third-order valence-corrected chi connectivity index (χ3v) is 4.99. The van der Waals surface area contributed by atoms with Crippen LogP contribution in [0.1, 0.15) is 5.69 Å². The molecule has 2 heterocycles. The number of aliphatic hydroxyl groups is 2. The fraction of sp³-hybridized carbons (Fsp3) is 0.385. The molecule has 0 aliphatic rings. The quantitative estimate of drug-likeness (QED) is 0.244. The summed E-state index contributed by atoms with van der Waals surface area (Å²) in [4.78, 5) is 29.7. The van der Waals surface area contributed by atoms with Gasteiger partial charge in [0.05, 0.1) is 12.6 Å². The Kier molecular flexibility index (Phi) is 5.09. The minimum Gasteiger partial charge on any atom is -0.479 e. The van der Waals surface area contributed by atoms with Gasteiger partial charge in [0.15, 0.2) is 5.69 Å². The molecule has 0 bridgehead atoms. The third kappa shape index (κ3) is 3.34. The van der Waals surface area contributed by atoms with Crippen molar-refractivity contribution < 1.29 is 39.0 Å². The number of nitrogens with two attached hydrogens (primary N) is 1. The fourth-order valence-electron chi connectivity index (χ4n) is 2.35. The Morgan fingerprint density at radius 2 is 2.08 bits per heavy atom. The average molecular weight is 360 g/mol. The van der Waals surface area contributed by atoms with E-state index in [-0.39, 0.29) is 18.8 Å². The Morgan fingerprint density at radius 3 is 2.62 bits per heavy atom. The summed E-state index contributed by atoms with van der Waals surface area (Å²) in [5.74, 6) is -2.02. The monoisotopic (exact) mass is 360 g/mol. The molecular formula is C13H19N3O7P+. The normalized spacial score (nSPS) is 16.0. The molecule has 11 heteroatoms. The largest absolute Gasteiger partial charge is 0.479 e. The predicted molar refractivity (Wildman–Crippen MR) is 81.0 cm³/mol. The predicted octanol–water partition coefficient (Wildman–Crippen LogP) is -1.96. The van der Waals surface area contributed by atoms with Crippen molar-refractivity contribution in [3.05, 3.63) is 36.3 Å². The number of hydrogen-bond acceptors (Lipinski definition) is 5. The summed E-state index contributed by atoms with van der Waals surface area (Å²) in [5.41, 5.74) is 6.07. The van der Waals surface area contributed by atoms with E-state index in [0.717, 1.165) is 0 Å². The minimum atomic E-state index is -5.35. The van der Waals surface area contributed by atoms with Crippen LogP contribution in [-0.4, -0.2) is 53.5 Å². The molecule has 0 saturated heterocycles. The van der Waals surface area contributed by atoms with Gasteiger partial charge in [0.2, 0.25) is 0 Å². The maximum Gasteiger partial charge on any atom is 0.369 e. The van der Waals surface area contributed by atoms with Crippen molar-refractivity contribution in [2.45, 2.75) is 24.4 Å². The fourth-order valence-corrected chi connectivity index (χ4v) is 2.97. The van der Waals surface area contributed by atoms with Gasteiger partial charge in [-0.1, -0.05) is 6.07 Å². The topological polar surface area (TPSA) is 170 Å². The lowest BCUT2D eigenvalue weighted by atomic mass is 10.2. The molecule has 2 atom stereocenters. The van der Waals surface area contributed by atoms with Gasteiger partial charge in [-0.05, 0) is 6.07 Å². The standard InChI is InChI=1S/C13H18N3O7P/c14-6-10(17)8-15-7-9(16-4-2-1-3-11(15)16)5-13(20,12(18)19)24(21,22)23/h1-4,7,10,17,20H,5-6,8,14H2,(H2-,18,19,21,22,23)/p+1. The van der Waals surface area contributed by atoms with Crippen molar-refractivity contribution in [3.8, 4) is 0 Å². The highest BCUT2D eigenvalue weighted by atomic mass is 31.2. The van der Waals surface area contributed by atoms with Crippen LogP contribution in [0, 0.1) is 0 Å². The van der Waals surface area contributed by atoms with Gasteiger partial charge in [-0.3, -0.25) is 4.57 Å². The van der Waals surface area contributed by atoms with E-state index in [9.17, 15) is 29.4 Å². The molecule has 7 N–H and O–H groups in total. The molecule has 0 saturated carbocycles. The molecule has 0 fully saturated rings. The van der Waals surface area contributed by atoms with E-state index in [0.29, 0.717) is 5.65 Å². The van der Waals surface area contributed by atoms with E-state index >= 15 is 0 Å². The number of aliphatic hydroxyl groups excluding tert-OH is 1. The van der Waals surface area contributed by atoms with Gasteiger partial charge < -0.3 is 30.8 Å². The van der Waals surface area contributed by atoms with Gasteiger partial charge in [0, 0.05) is 12.6 Å². The molecule has 2 aromatic heterocycles. The number of rotatable bonds is 7. The van der Waals surface area contributed by atoms with Crippen molar-refractivity contribution >= 4 is 19.2 Å². The van der Waals surface area contributed by atoms with Gasteiger partial charge in [-0.25, -0.2) is 9.36 Å². The zero-order chi connectivity index (χ0) is 18.1. The van der Waals surface area contributed by atoms with Crippen molar-refractivity contribution in [1.29, 1.82) is 0 Å². The van der Waals surface area contributed by atoms with Crippen LogP contribution in [0.3, 0.4) is 0 Å². The first-order valence-electron chi connectivity index (χ1n) is 6.98. The van der Waals surface area contributed by atoms with Gasteiger partial charge in [0.1, 0.15) is 18.8 Å². The van der Waals surface area contributed by atoms with Crippen LogP contribution < -0.4 is 10.3 Å². The molecule has 2 rings (SSSR count). The average Bonchev–Trinajstić information content (AvgIpc) is 2.84. The summed E-state index contributed by atoms with van der Waals surface area (Å²) in [5, 5.41) is 25.6. The van der Waals surface area contributed by atoms with Gasteiger partial charge in [-0.2, -0.15) is 4.40 Å².